The minimum Gasteiger partial charge on any atom is -0.377 e. The van der Waals surface area contributed by atoms with Crippen LogP contribution in [0.3, 0.4) is 0 Å². The van der Waals surface area contributed by atoms with Crippen molar-refractivity contribution in [2.24, 2.45) is 5.92 Å². The molecule has 0 unspecified atom stereocenters. The molecule has 0 radical (unpaired) electrons. The first-order chi connectivity index (χ1) is 9.32. The molecule has 1 heterocycles. The Balaban J connectivity index is 2.55. The second-order valence-corrected chi connectivity index (χ2v) is 5.17. The number of benzene rings is 1. The number of fused-ring (bicyclic) bond motifs is 1. The molecular formula is C14H17F3N2O. The van der Waals surface area contributed by atoms with E-state index in [-0.39, 0.29) is 6.61 Å². The molecule has 3 nitrogen and oxygen atoms in total. The maximum Gasteiger partial charge on any atom is 0.416 e. The van der Waals surface area contributed by atoms with E-state index in [9.17, 15) is 13.2 Å². The topological polar surface area (TPSA) is 27.1 Å². The summed E-state index contributed by atoms with van der Waals surface area (Å²) in [5, 5.41) is 0. The van der Waals surface area contributed by atoms with Crippen LogP contribution < -0.4 is 0 Å². The summed E-state index contributed by atoms with van der Waals surface area (Å²) in [6.07, 6.45) is -4.35. The molecule has 1 aromatic carbocycles. The highest BCUT2D eigenvalue weighted by Gasteiger charge is 2.31. The summed E-state index contributed by atoms with van der Waals surface area (Å²) >= 11 is 0. The predicted octanol–water partition coefficient (Wildman–Crippen LogP) is 3.86. The zero-order valence-corrected chi connectivity index (χ0v) is 11.7. The molecule has 0 fully saturated rings. The molecule has 0 saturated heterocycles. The van der Waals surface area contributed by atoms with Gasteiger partial charge in [0.05, 0.1) is 16.6 Å². The van der Waals surface area contributed by atoms with Gasteiger partial charge in [0, 0.05) is 13.7 Å². The first-order valence-corrected chi connectivity index (χ1v) is 6.38. The normalized spacial score (nSPS) is 12.6. The van der Waals surface area contributed by atoms with Gasteiger partial charge < -0.3 is 9.30 Å². The monoisotopic (exact) mass is 286 g/mol. The molecule has 0 N–H and O–H groups in total. The Hall–Kier alpha value is -1.56. The summed E-state index contributed by atoms with van der Waals surface area (Å²) in [7, 11) is 1.54. The average Bonchev–Trinajstić information content (AvgIpc) is 2.65. The van der Waals surface area contributed by atoms with Gasteiger partial charge in [0.25, 0.3) is 0 Å². The van der Waals surface area contributed by atoms with Crippen molar-refractivity contribution in [3.63, 3.8) is 0 Å². The van der Waals surface area contributed by atoms with E-state index in [0.717, 1.165) is 12.1 Å². The number of aromatic nitrogens is 2. The van der Waals surface area contributed by atoms with Crippen LogP contribution in [0.15, 0.2) is 18.2 Å². The van der Waals surface area contributed by atoms with Crippen LogP contribution in [0.2, 0.25) is 0 Å². The smallest absolute Gasteiger partial charge is 0.377 e. The van der Waals surface area contributed by atoms with Crippen molar-refractivity contribution >= 4 is 11.0 Å². The summed E-state index contributed by atoms with van der Waals surface area (Å²) in [6.45, 7) is 5.07. The lowest BCUT2D eigenvalue weighted by Gasteiger charge is -2.11. The lowest BCUT2D eigenvalue weighted by molar-refractivity contribution is -0.137. The van der Waals surface area contributed by atoms with Gasteiger partial charge in [0.2, 0.25) is 0 Å². The number of nitrogens with zero attached hydrogens (tertiary/aromatic N) is 2. The fraction of sp³-hybridized carbons (Fsp3) is 0.500. The molecule has 0 spiro atoms. The fourth-order valence-corrected chi connectivity index (χ4v) is 2.16. The molecule has 0 bridgehead atoms. The van der Waals surface area contributed by atoms with Crippen LogP contribution in [0.1, 0.15) is 25.2 Å². The number of imidazole rings is 1. The van der Waals surface area contributed by atoms with E-state index in [2.05, 4.69) is 4.98 Å². The standard InChI is InChI=1S/C14H17F3N2O/c1-9(2)7-19-12-5-4-10(14(15,16)17)6-11(12)18-13(19)8-20-3/h4-6,9H,7-8H2,1-3H3. The van der Waals surface area contributed by atoms with E-state index >= 15 is 0 Å². The Morgan fingerprint density at radius 1 is 1.30 bits per heavy atom. The third-order valence-electron chi connectivity index (χ3n) is 2.98. The fourth-order valence-electron chi connectivity index (χ4n) is 2.16. The van der Waals surface area contributed by atoms with Crippen LogP contribution in [-0.2, 0) is 24.1 Å². The highest BCUT2D eigenvalue weighted by molar-refractivity contribution is 5.77. The lowest BCUT2D eigenvalue weighted by atomic mass is 10.2. The third-order valence-corrected chi connectivity index (χ3v) is 2.98. The first-order valence-electron chi connectivity index (χ1n) is 6.38. The summed E-state index contributed by atoms with van der Waals surface area (Å²) in [4.78, 5) is 4.27. The zero-order valence-electron chi connectivity index (χ0n) is 11.7. The van der Waals surface area contributed by atoms with Crippen LogP contribution >= 0.6 is 0 Å². The van der Waals surface area contributed by atoms with Crippen molar-refractivity contribution in [1.29, 1.82) is 0 Å². The van der Waals surface area contributed by atoms with Crippen LogP contribution in [0, 0.1) is 5.92 Å². The molecule has 1 aromatic heterocycles. The summed E-state index contributed by atoms with van der Waals surface area (Å²) < 4.78 is 45.2. The Morgan fingerprint density at radius 2 is 2.00 bits per heavy atom. The van der Waals surface area contributed by atoms with Crippen LogP contribution in [0.25, 0.3) is 11.0 Å². The van der Waals surface area contributed by atoms with Gasteiger partial charge in [-0.3, -0.25) is 0 Å². The zero-order chi connectivity index (χ0) is 14.9. The van der Waals surface area contributed by atoms with Crippen LogP contribution in [-0.4, -0.2) is 16.7 Å². The summed E-state index contributed by atoms with van der Waals surface area (Å²) in [6, 6.07) is 3.66. The number of hydrogen-bond donors (Lipinski definition) is 0. The highest BCUT2D eigenvalue weighted by Crippen LogP contribution is 2.31. The molecule has 2 rings (SSSR count). The van der Waals surface area contributed by atoms with Gasteiger partial charge in [-0.1, -0.05) is 13.8 Å². The molecule has 0 saturated carbocycles. The Labute approximate surface area is 115 Å². The number of rotatable bonds is 4. The highest BCUT2D eigenvalue weighted by atomic mass is 19.4. The second-order valence-electron chi connectivity index (χ2n) is 5.17. The summed E-state index contributed by atoms with van der Waals surface area (Å²) in [5.74, 6) is 1.01. The average molecular weight is 286 g/mol. The SMILES string of the molecule is COCc1nc2cc(C(F)(F)F)ccc2n1CC(C)C. The second kappa shape index (κ2) is 5.44. The van der Waals surface area contributed by atoms with Gasteiger partial charge in [-0.05, 0) is 24.1 Å². The maximum atomic E-state index is 12.7. The molecular weight excluding hydrogens is 269 g/mol. The van der Waals surface area contributed by atoms with Gasteiger partial charge >= 0.3 is 6.18 Å². The molecule has 0 aliphatic heterocycles. The minimum absolute atomic E-state index is 0.281. The molecule has 2 aromatic rings. The number of halogens is 3. The first kappa shape index (κ1) is 14.8. The maximum absolute atomic E-state index is 12.7. The van der Waals surface area contributed by atoms with Gasteiger partial charge in [-0.15, -0.1) is 0 Å². The van der Waals surface area contributed by atoms with Crippen molar-refractivity contribution in [2.45, 2.75) is 33.2 Å². The number of hydrogen-bond acceptors (Lipinski definition) is 2. The van der Waals surface area contributed by atoms with Crippen molar-refractivity contribution in [1.82, 2.24) is 9.55 Å². The Morgan fingerprint density at radius 3 is 2.55 bits per heavy atom. The van der Waals surface area contributed by atoms with Crippen LogP contribution in [0.5, 0.6) is 0 Å². The molecule has 0 atom stereocenters. The van der Waals surface area contributed by atoms with Gasteiger partial charge in [-0.2, -0.15) is 13.2 Å². The van der Waals surface area contributed by atoms with Gasteiger partial charge in [-0.25, -0.2) is 4.98 Å². The van der Waals surface area contributed by atoms with Crippen LogP contribution in [0.4, 0.5) is 13.2 Å². The van der Waals surface area contributed by atoms with Gasteiger partial charge in [0.1, 0.15) is 12.4 Å². The lowest BCUT2D eigenvalue weighted by Crippen LogP contribution is -2.09. The van der Waals surface area contributed by atoms with Crippen molar-refractivity contribution in [2.75, 3.05) is 7.11 Å². The molecule has 110 valence electrons. The Kier molecular flexibility index (Phi) is 4.04. The molecule has 0 amide bonds. The van der Waals surface area contributed by atoms with Crippen molar-refractivity contribution in [3.8, 4) is 0 Å². The van der Waals surface area contributed by atoms with E-state index < -0.39 is 11.7 Å². The van der Waals surface area contributed by atoms with E-state index in [1.54, 1.807) is 7.11 Å². The predicted molar refractivity (Wildman–Crippen MR) is 70.3 cm³/mol. The minimum atomic E-state index is -4.35. The molecule has 0 aliphatic rings. The third kappa shape index (κ3) is 2.95. The molecule has 0 aliphatic carbocycles. The summed E-state index contributed by atoms with van der Waals surface area (Å²) in [5.41, 5.74) is 0.384. The quantitative estimate of drug-likeness (QED) is 0.853. The van der Waals surface area contributed by atoms with E-state index in [4.69, 9.17) is 4.74 Å². The molecule has 6 heteroatoms. The molecule has 20 heavy (non-hydrogen) atoms. The Bertz CT molecular complexity index is 602. The van der Waals surface area contributed by atoms with Crippen molar-refractivity contribution in [3.05, 3.63) is 29.6 Å². The van der Waals surface area contributed by atoms with E-state index in [0.29, 0.717) is 29.3 Å². The van der Waals surface area contributed by atoms with E-state index in [1.165, 1.54) is 6.07 Å². The van der Waals surface area contributed by atoms with Crippen molar-refractivity contribution < 1.29 is 17.9 Å². The number of ether oxygens (including phenoxy) is 1. The number of methoxy groups -OCH3 is 1. The number of alkyl halides is 3. The van der Waals surface area contributed by atoms with E-state index in [1.807, 2.05) is 18.4 Å². The van der Waals surface area contributed by atoms with Gasteiger partial charge in [0.15, 0.2) is 0 Å². The largest absolute Gasteiger partial charge is 0.416 e.